The van der Waals surface area contributed by atoms with Crippen molar-refractivity contribution in [2.45, 2.75) is 52.4 Å². The fraction of sp³-hybridized carbons (Fsp3) is 0.370. The van der Waals surface area contributed by atoms with Gasteiger partial charge in [0.2, 0.25) is 0 Å². The second-order valence-electron chi connectivity index (χ2n) is 9.18. The molecule has 164 valence electrons. The highest BCUT2D eigenvalue weighted by Gasteiger charge is 2.25. The van der Waals surface area contributed by atoms with Gasteiger partial charge in [0.25, 0.3) is 0 Å². The highest BCUT2D eigenvalue weighted by molar-refractivity contribution is 5.66. The van der Waals surface area contributed by atoms with Crippen LogP contribution < -0.4 is 4.90 Å². The summed E-state index contributed by atoms with van der Waals surface area (Å²) in [6.45, 7) is 8.64. The van der Waals surface area contributed by atoms with Gasteiger partial charge < -0.3 is 4.90 Å². The highest BCUT2D eigenvalue weighted by Crippen LogP contribution is 2.33. The number of anilines is 1. The molecule has 1 aliphatic heterocycles. The smallest absolute Gasteiger partial charge is 0.161 e. The maximum Gasteiger partial charge on any atom is 0.161 e. The summed E-state index contributed by atoms with van der Waals surface area (Å²) in [4.78, 5) is 11.8. The van der Waals surface area contributed by atoms with Gasteiger partial charge in [0.1, 0.15) is 5.82 Å². The Labute approximate surface area is 190 Å². The monoisotopic (exact) mass is 425 g/mol. The van der Waals surface area contributed by atoms with Crippen molar-refractivity contribution in [1.82, 2.24) is 20.2 Å². The van der Waals surface area contributed by atoms with Crippen molar-refractivity contribution < 1.29 is 0 Å². The molecule has 2 aromatic heterocycles. The topological polar surface area (TPSA) is 57.7 Å². The Morgan fingerprint density at radius 3 is 2.78 bits per heavy atom. The second kappa shape index (κ2) is 8.73. The molecule has 0 bridgehead atoms. The van der Waals surface area contributed by atoms with E-state index in [1.165, 1.54) is 47.1 Å². The molecule has 5 heteroatoms. The van der Waals surface area contributed by atoms with Crippen molar-refractivity contribution in [3.8, 4) is 11.4 Å². The van der Waals surface area contributed by atoms with Crippen molar-refractivity contribution in [1.29, 1.82) is 0 Å². The molecule has 1 atom stereocenters. The number of aromatic amines is 1. The van der Waals surface area contributed by atoms with Crippen LogP contribution >= 0.6 is 0 Å². The molecule has 1 aromatic carbocycles. The van der Waals surface area contributed by atoms with Gasteiger partial charge in [-0.3, -0.25) is 5.10 Å². The molecule has 0 spiro atoms. The van der Waals surface area contributed by atoms with Crippen LogP contribution in [0.15, 0.2) is 59.6 Å². The maximum atomic E-state index is 4.91. The molecule has 0 radical (unpaired) electrons. The fourth-order valence-electron chi connectivity index (χ4n) is 4.71. The van der Waals surface area contributed by atoms with Gasteiger partial charge in [-0.05, 0) is 86.4 Å². The average molecular weight is 426 g/mol. The van der Waals surface area contributed by atoms with E-state index in [-0.39, 0.29) is 0 Å². The van der Waals surface area contributed by atoms with Crippen LogP contribution in [0.25, 0.3) is 17.5 Å². The van der Waals surface area contributed by atoms with Crippen molar-refractivity contribution in [3.63, 3.8) is 0 Å². The number of hydrogen-bond acceptors (Lipinski definition) is 4. The lowest BCUT2D eigenvalue weighted by Crippen LogP contribution is -2.20. The van der Waals surface area contributed by atoms with E-state index in [0.29, 0.717) is 5.92 Å². The Kier molecular flexibility index (Phi) is 5.64. The third-order valence-electron chi connectivity index (χ3n) is 7.12. The zero-order valence-corrected chi connectivity index (χ0v) is 19.2. The first-order valence-corrected chi connectivity index (χ1v) is 11.6. The van der Waals surface area contributed by atoms with Crippen molar-refractivity contribution >= 4 is 11.9 Å². The van der Waals surface area contributed by atoms with Crippen LogP contribution in [0, 0.1) is 6.92 Å². The summed E-state index contributed by atoms with van der Waals surface area (Å²) in [6.07, 6.45) is 13.1. The van der Waals surface area contributed by atoms with Crippen LogP contribution in [-0.2, 0) is 0 Å². The molecule has 2 aliphatic rings. The molecule has 1 saturated heterocycles. The van der Waals surface area contributed by atoms with Gasteiger partial charge in [-0.25, -0.2) is 9.97 Å². The number of nitrogens with one attached hydrogen (secondary N) is 1. The van der Waals surface area contributed by atoms with Gasteiger partial charge in [-0.15, -0.1) is 0 Å². The minimum absolute atomic E-state index is 0.502. The van der Waals surface area contributed by atoms with Crippen molar-refractivity contribution in [3.05, 3.63) is 76.3 Å². The van der Waals surface area contributed by atoms with Crippen molar-refractivity contribution in [2.75, 3.05) is 18.0 Å². The lowest BCUT2D eigenvalue weighted by molar-refractivity contribution is 0.653. The number of nitrogens with zero attached hydrogens (tertiary/aromatic N) is 4. The number of allylic oxidation sites excluding steroid dienone is 3. The molecule has 0 amide bonds. The number of hydrogen-bond donors (Lipinski definition) is 1. The first-order valence-electron chi connectivity index (χ1n) is 11.6. The molecular formula is C27H31N5. The van der Waals surface area contributed by atoms with E-state index in [9.17, 15) is 0 Å². The van der Waals surface area contributed by atoms with E-state index in [0.717, 1.165) is 36.7 Å². The molecule has 3 aromatic rings. The average Bonchev–Trinajstić information content (AvgIpc) is 3.46. The molecule has 2 fully saturated rings. The van der Waals surface area contributed by atoms with E-state index in [4.69, 9.17) is 4.98 Å². The quantitative estimate of drug-likeness (QED) is 0.539. The Bertz CT molecular complexity index is 1170. The summed E-state index contributed by atoms with van der Waals surface area (Å²) in [7, 11) is 0. The van der Waals surface area contributed by atoms with Gasteiger partial charge in [-0.1, -0.05) is 23.8 Å². The van der Waals surface area contributed by atoms with E-state index in [1.54, 1.807) is 5.57 Å². The number of H-pyrrole nitrogens is 1. The minimum Gasteiger partial charge on any atom is -0.356 e. The molecule has 1 aliphatic carbocycles. The summed E-state index contributed by atoms with van der Waals surface area (Å²) in [5.41, 5.74) is 9.33. The van der Waals surface area contributed by atoms with Gasteiger partial charge in [0, 0.05) is 37.0 Å². The van der Waals surface area contributed by atoms with Crippen LogP contribution in [0.5, 0.6) is 0 Å². The second-order valence-corrected chi connectivity index (χ2v) is 9.18. The SMILES string of the molecule is CC(=C1CCC1)/C(C)=C/c1ccc(-c2nccc(N3CCC(c4cn[nH]c4)C3)n2)cc1C. The van der Waals surface area contributed by atoms with E-state index >= 15 is 0 Å². The Hall–Kier alpha value is -3.21. The zero-order valence-electron chi connectivity index (χ0n) is 19.2. The predicted molar refractivity (Wildman–Crippen MR) is 131 cm³/mol. The Morgan fingerprint density at radius 2 is 2.06 bits per heavy atom. The number of aryl methyl sites for hydroxylation is 1. The molecule has 1 unspecified atom stereocenters. The number of aromatic nitrogens is 4. The summed E-state index contributed by atoms with van der Waals surface area (Å²) >= 11 is 0. The van der Waals surface area contributed by atoms with Crippen LogP contribution in [0.4, 0.5) is 5.82 Å². The van der Waals surface area contributed by atoms with Gasteiger partial charge in [0.05, 0.1) is 6.20 Å². The largest absolute Gasteiger partial charge is 0.356 e. The highest BCUT2D eigenvalue weighted by atomic mass is 15.2. The van der Waals surface area contributed by atoms with Gasteiger partial charge in [-0.2, -0.15) is 5.10 Å². The number of rotatable bonds is 5. The standard InChI is InChI=1S/C27H31N5/c1-18(20(3)21-5-4-6-21)13-22-7-8-23(14-19(22)2)27-28-11-9-26(31-27)32-12-10-24(17-32)25-15-29-30-16-25/h7-9,11,13-16,24H,4-6,10,12,17H2,1-3H3,(H,29,30)/b18-13+. The molecule has 5 rings (SSSR count). The molecule has 1 saturated carbocycles. The Balaban J connectivity index is 1.35. The summed E-state index contributed by atoms with van der Waals surface area (Å²) in [6, 6.07) is 8.58. The molecule has 3 heterocycles. The predicted octanol–water partition coefficient (Wildman–Crippen LogP) is 6.07. The van der Waals surface area contributed by atoms with Crippen LogP contribution in [0.3, 0.4) is 0 Å². The first-order chi connectivity index (χ1) is 15.6. The van der Waals surface area contributed by atoms with Gasteiger partial charge in [0.15, 0.2) is 5.82 Å². The van der Waals surface area contributed by atoms with Gasteiger partial charge >= 0.3 is 0 Å². The minimum atomic E-state index is 0.502. The first kappa shape index (κ1) is 20.7. The van der Waals surface area contributed by atoms with E-state index in [2.05, 4.69) is 65.1 Å². The summed E-state index contributed by atoms with van der Waals surface area (Å²) in [5, 5.41) is 7.03. The summed E-state index contributed by atoms with van der Waals surface area (Å²) in [5.74, 6) is 2.29. The summed E-state index contributed by atoms with van der Waals surface area (Å²) < 4.78 is 0. The van der Waals surface area contributed by atoms with Crippen LogP contribution in [0.1, 0.15) is 62.1 Å². The maximum absolute atomic E-state index is 4.91. The lowest BCUT2D eigenvalue weighted by Gasteiger charge is -2.20. The molecule has 1 N–H and O–H groups in total. The molecule has 5 nitrogen and oxygen atoms in total. The molecular weight excluding hydrogens is 394 g/mol. The zero-order chi connectivity index (χ0) is 22.1. The van der Waals surface area contributed by atoms with E-state index < -0.39 is 0 Å². The molecule has 32 heavy (non-hydrogen) atoms. The third-order valence-corrected chi connectivity index (χ3v) is 7.12. The van der Waals surface area contributed by atoms with Crippen LogP contribution in [-0.4, -0.2) is 33.3 Å². The fourth-order valence-corrected chi connectivity index (χ4v) is 4.71. The normalized spacial score (nSPS) is 18.7. The Morgan fingerprint density at radius 1 is 1.19 bits per heavy atom. The third kappa shape index (κ3) is 4.12. The van der Waals surface area contributed by atoms with E-state index in [1.807, 2.05) is 24.7 Å². The lowest BCUT2D eigenvalue weighted by atomic mass is 9.85. The van der Waals surface area contributed by atoms with Crippen molar-refractivity contribution in [2.24, 2.45) is 0 Å². The van der Waals surface area contributed by atoms with Crippen LogP contribution in [0.2, 0.25) is 0 Å². The number of benzene rings is 1.